The van der Waals surface area contributed by atoms with E-state index in [1.165, 1.54) is 19.3 Å². The predicted octanol–water partition coefficient (Wildman–Crippen LogP) is 2.66. The minimum Gasteiger partial charge on any atom is -0.480 e. The summed E-state index contributed by atoms with van der Waals surface area (Å²) in [5.74, 6) is 0.308. The highest BCUT2D eigenvalue weighted by atomic mass is 16.4. The number of hydrogen-bond donors (Lipinski definition) is 2. The third kappa shape index (κ3) is 4.52. The molecule has 1 aliphatic rings. The maximum atomic E-state index is 11.2. The molecule has 1 rings (SSSR count). The number of hydrogen-bond acceptors (Lipinski definition) is 2. The Balaban J connectivity index is 2.37. The zero-order valence-electron chi connectivity index (χ0n) is 10.5. The normalized spacial score (nSPS) is 19.9. The zero-order chi connectivity index (χ0) is 12.0. The molecule has 0 aromatic rings. The molecule has 0 saturated heterocycles. The van der Waals surface area contributed by atoms with Crippen LogP contribution < -0.4 is 5.32 Å². The predicted molar refractivity (Wildman–Crippen MR) is 65.5 cm³/mol. The quantitative estimate of drug-likeness (QED) is 0.733. The number of rotatable bonds is 6. The van der Waals surface area contributed by atoms with Gasteiger partial charge in [0.1, 0.15) is 6.04 Å². The van der Waals surface area contributed by atoms with Crippen molar-refractivity contribution in [2.24, 2.45) is 11.8 Å². The summed E-state index contributed by atoms with van der Waals surface area (Å²) in [7, 11) is 0. The molecule has 94 valence electrons. The van der Waals surface area contributed by atoms with Crippen LogP contribution in [-0.4, -0.2) is 23.7 Å². The summed E-state index contributed by atoms with van der Waals surface area (Å²) in [5.41, 5.74) is 0. The van der Waals surface area contributed by atoms with Crippen molar-refractivity contribution in [1.29, 1.82) is 0 Å². The van der Waals surface area contributed by atoms with E-state index >= 15 is 0 Å². The first-order chi connectivity index (χ1) is 7.61. The van der Waals surface area contributed by atoms with Gasteiger partial charge in [-0.05, 0) is 37.6 Å². The Labute approximate surface area is 98.6 Å². The van der Waals surface area contributed by atoms with Gasteiger partial charge in [0, 0.05) is 0 Å². The number of aliphatic carboxylic acids is 1. The van der Waals surface area contributed by atoms with Gasteiger partial charge >= 0.3 is 5.97 Å². The first-order valence-corrected chi connectivity index (χ1v) is 6.57. The van der Waals surface area contributed by atoms with Crippen LogP contribution >= 0.6 is 0 Å². The topological polar surface area (TPSA) is 49.3 Å². The lowest BCUT2D eigenvalue weighted by molar-refractivity contribution is -0.141. The average Bonchev–Trinajstić information content (AvgIpc) is 2.25. The van der Waals surface area contributed by atoms with Crippen molar-refractivity contribution in [2.75, 3.05) is 6.54 Å². The zero-order valence-corrected chi connectivity index (χ0v) is 10.5. The summed E-state index contributed by atoms with van der Waals surface area (Å²) in [6, 6.07) is -0.320. The molecule has 0 amide bonds. The lowest BCUT2D eigenvalue weighted by Crippen LogP contribution is -2.44. The summed E-state index contributed by atoms with van der Waals surface area (Å²) >= 11 is 0. The fourth-order valence-electron chi connectivity index (χ4n) is 2.45. The van der Waals surface area contributed by atoms with E-state index < -0.39 is 5.97 Å². The van der Waals surface area contributed by atoms with Crippen LogP contribution in [0.3, 0.4) is 0 Å². The molecule has 1 unspecified atom stereocenters. The standard InChI is InChI=1S/C13H25NO2/c1-10(2)8-9-14-12(13(15)16)11-6-4-3-5-7-11/h10-12,14H,3-9H2,1-2H3,(H,15,16). The number of carboxylic acids is 1. The van der Waals surface area contributed by atoms with Crippen LogP contribution in [0.25, 0.3) is 0 Å². The molecule has 0 heterocycles. The van der Waals surface area contributed by atoms with E-state index in [1.807, 2.05) is 0 Å². The Morgan fingerprint density at radius 3 is 2.44 bits per heavy atom. The van der Waals surface area contributed by atoms with Crippen molar-refractivity contribution >= 4 is 5.97 Å². The van der Waals surface area contributed by atoms with Crippen LogP contribution in [0.5, 0.6) is 0 Å². The smallest absolute Gasteiger partial charge is 0.320 e. The maximum absolute atomic E-state index is 11.2. The first-order valence-electron chi connectivity index (χ1n) is 6.57. The van der Waals surface area contributed by atoms with E-state index in [0.717, 1.165) is 25.8 Å². The van der Waals surface area contributed by atoms with Gasteiger partial charge in [-0.25, -0.2) is 0 Å². The number of carboxylic acid groups (broad SMARTS) is 1. The second-order valence-corrected chi connectivity index (χ2v) is 5.35. The van der Waals surface area contributed by atoms with Crippen LogP contribution in [0, 0.1) is 11.8 Å². The highest BCUT2D eigenvalue weighted by Crippen LogP contribution is 2.26. The van der Waals surface area contributed by atoms with Gasteiger partial charge in [0.05, 0.1) is 0 Å². The Morgan fingerprint density at radius 1 is 1.31 bits per heavy atom. The van der Waals surface area contributed by atoms with Gasteiger partial charge in [0.25, 0.3) is 0 Å². The van der Waals surface area contributed by atoms with Gasteiger partial charge in [0.2, 0.25) is 0 Å². The molecule has 2 N–H and O–H groups in total. The highest BCUT2D eigenvalue weighted by Gasteiger charge is 2.28. The van der Waals surface area contributed by atoms with Crippen LogP contribution in [0.4, 0.5) is 0 Å². The first kappa shape index (κ1) is 13.5. The summed E-state index contributed by atoms with van der Waals surface area (Å²) < 4.78 is 0. The third-order valence-electron chi connectivity index (χ3n) is 3.47. The Kier molecular flexibility index (Phi) is 5.81. The van der Waals surface area contributed by atoms with Crippen molar-refractivity contribution in [3.8, 4) is 0 Å². The van der Waals surface area contributed by atoms with Crippen molar-refractivity contribution < 1.29 is 9.90 Å². The lowest BCUT2D eigenvalue weighted by atomic mass is 9.84. The van der Waals surface area contributed by atoms with Gasteiger partial charge in [0.15, 0.2) is 0 Å². The van der Waals surface area contributed by atoms with Crippen LogP contribution in [0.1, 0.15) is 52.4 Å². The molecule has 0 spiro atoms. The molecule has 1 aliphatic carbocycles. The SMILES string of the molecule is CC(C)CCNC(C(=O)O)C1CCCCC1. The Bertz CT molecular complexity index is 210. The van der Waals surface area contributed by atoms with E-state index in [-0.39, 0.29) is 6.04 Å². The minimum absolute atomic E-state index is 0.320. The molecular formula is C13H25NO2. The highest BCUT2D eigenvalue weighted by molar-refractivity contribution is 5.73. The summed E-state index contributed by atoms with van der Waals surface area (Å²) in [6.07, 6.45) is 6.86. The summed E-state index contributed by atoms with van der Waals surface area (Å²) in [6.45, 7) is 5.15. The van der Waals surface area contributed by atoms with Crippen LogP contribution in [0.2, 0.25) is 0 Å². The van der Waals surface area contributed by atoms with Gasteiger partial charge < -0.3 is 10.4 Å². The summed E-state index contributed by atoms with van der Waals surface area (Å²) in [4.78, 5) is 11.2. The molecule has 1 atom stereocenters. The molecule has 1 fully saturated rings. The van der Waals surface area contributed by atoms with Crippen LogP contribution in [0.15, 0.2) is 0 Å². The Morgan fingerprint density at radius 2 is 1.94 bits per heavy atom. The molecular weight excluding hydrogens is 202 g/mol. The molecule has 0 aromatic heterocycles. The average molecular weight is 227 g/mol. The van der Waals surface area contributed by atoms with E-state index in [1.54, 1.807) is 0 Å². The Hall–Kier alpha value is -0.570. The molecule has 1 saturated carbocycles. The van der Waals surface area contributed by atoms with Gasteiger partial charge in [-0.3, -0.25) is 4.79 Å². The van der Waals surface area contributed by atoms with Crippen LogP contribution in [-0.2, 0) is 4.79 Å². The van der Waals surface area contributed by atoms with Crippen molar-refractivity contribution in [2.45, 2.75) is 58.4 Å². The third-order valence-corrected chi connectivity index (χ3v) is 3.47. The van der Waals surface area contributed by atoms with Gasteiger partial charge in [-0.15, -0.1) is 0 Å². The van der Waals surface area contributed by atoms with Gasteiger partial charge in [-0.1, -0.05) is 33.1 Å². The van der Waals surface area contributed by atoms with Gasteiger partial charge in [-0.2, -0.15) is 0 Å². The van der Waals surface area contributed by atoms with E-state index in [9.17, 15) is 9.90 Å². The number of nitrogens with one attached hydrogen (secondary N) is 1. The second-order valence-electron chi connectivity index (χ2n) is 5.35. The fraction of sp³-hybridized carbons (Fsp3) is 0.923. The van der Waals surface area contributed by atoms with E-state index in [0.29, 0.717) is 11.8 Å². The monoisotopic (exact) mass is 227 g/mol. The molecule has 3 nitrogen and oxygen atoms in total. The molecule has 3 heteroatoms. The second kappa shape index (κ2) is 6.89. The molecule has 16 heavy (non-hydrogen) atoms. The summed E-state index contributed by atoms with van der Waals surface area (Å²) in [5, 5.41) is 12.4. The fourth-order valence-corrected chi connectivity index (χ4v) is 2.45. The largest absolute Gasteiger partial charge is 0.480 e. The van der Waals surface area contributed by atoms with Crippen molar-refractivity contribution in [1.82, 2.24) is 5.32 Å². The number of carbonyl (C=O) groups is 1. The lowest BCUT2D eigenvalue weighted by Gasteiger charge is -2.28. The van der Waals surface area contributed by atoms with Crippen molar-refractivity contribution in [3.05, 3.63) is 0 Å². The molecule has 0 aliphatic heterocycles. The van der Waals surface area contributed by atoms with E-state index in [4.69, 9.17) is 0 Å². The molecule has 0 bridgehead atoms. The molecule has 0 radical (unpaired) electrons. The van der Waals surface area contributed by atoms with E-state index in [2.05, 4.69) is 19.2 Å². The molecule has 0 aromatic carbocycles. The minimum atomic E-state index is -0.671. The maximum Gasteiger partial charge on any atom is 0.320 e. The van der Waals surface area contributed by atoms with Crippen molar-refractivity contribution in [3.63, 3.8) is 0 Å².